The molecular formula is C24H34N4O5. The summed E-state index contributed by atoms with van der Waals surface area (Å²) in [6, 6.07) is 5.76. The van der Waals surface area contributed by atoms with Gasteiger partial charge in [0.2, 0.25) is 11.8 Å². The highest BCUT2D eigenvalue weighted by molar-refractivity contribution is 6.02. The number of benzene rings is 1. The van der Waals surface area contributed by atoms with Crippen LogP contribution in [-0.4, -0.2) is 73.8 Å². The zero-order chi connectivity index (χ0) is 23.8. The van der Waals surface area contributed by atoms with E-state index >= 15 is 0 Å². The molecule has 0 saturated carbocycles. The molecule has 0 bridgehead atoms. The molecule has 4 rings (SSSR count). The number of nitrogens with zero attached hydrogens (tertiary/aromatic N) is 3. The van der Waals surface area contributed by atoms with Gasteiger partial charge in [-0.2, -0.15) is 0 Å². The van der Waals surface area contributed by atoms with Crippen molar-refractivity contribution in [1.82, 2.24) is 10.2 Å². The van der Waals surface area contributed by atoms with Crippen molar-refractivity contribution in [3.8, 4) is 5.75 Å². The summed E-state index contributed by atoms with van der Waals surface area (Å²) in [6.45, 7) is 8.28. The van der Waals surface area contributed by atoms with E-state index in [1.54, 1.807) is 11.9 Å². The summed E-state index contributed by atoms with van der Waals surface area (Å²) in [6.07, 6.45) is 2.23. The number of ether oxygens (including phenoxy) is 2. The number of hydrogen-bond acceptors (Lipinski definition) is 7. The molecule has 1 atom stereocenters. The zero-order valence-electron chi connectivity index (χ0n) is 19.9. The van der Waals surface area contributed by atoms with Crippen molar-refractivity contribution in [2.24, 2.45) is 0 Å². The summed E-state index contributed by atoms with van der Waals surface area (Å²) in [7, 11) is 1.81. The molecule has 0 aliphatic carbocycles. The summed E-state index contributed by atoms with van der Waals surface area (Å²) < 4.78 is 11.6. The van der Waals surface area contributed by atoms with Gasteiger partial charge in [-0.1, -0.05) is 6.07 Å². The van der Waals surface area contributed by atoms with Crippen molar-refractivity contribution in [3.63, 3.8) is 0 Å². The third-order valence-corrected chi connectivity index (χ3v) is 6.48. The molecule has 180 valence electrons. The fourth-order valence-electron chi connectivity index (χ4n) is 4.78. The zero-order valence-corrected chi connectivity index (χ0v) is 19.9. The predicted octanol–water partition coefficient (Wildman–Crippen LogP) is 2.53. The van der Waals surface area contributed by atoms with Gasteiger partial charge in [0, 0.05) is 32.6 Å². The molecule has 1 N–H and O–H groups in total. The average Bonchev–Trinajstić information content (AvgIpc) is 2.77. The maximum atomic E-state index is 12.5. The lowest BCUT2D eigenvalue weighted by atomic mass is 10.0. The molecule has 0 spiro atoms. The smallest absolute Gasteiger partial charge is 0.410 e. The Balaban J connectivity index is 1.46. The van der Waals surface area contributed by atoms with Crippen LogP contribution in [0.15, 0.2) is 18.2 Å². The molecule has 3 aliphatic heterocycles. The van der Waals surface area contributed by atoms with Crippen molar-refractivity contribution in [2.45, 2.75) is 64.1 Å². The Morgan fingerprint density at radius 3 is 2.48 bits per heavy atom. The monoisotopic (exact) mass is 458 g/mol. The maximum Gasteiger partial charge on any atom is 0.410 e. The van der Waals surface area contributed by atoms with Crippen LogP contribution >= 0.6 is 0 Å². The number of fused-ring (bicyclic) bond motifs is 1. The van der Waals surface area contributed by atoms with Crippen LogP contribution in [0.3, 0.4) is 0 Å². The Hall–Kier alpha value is -2.97. The number of amides is 3. The normalized spacial score (nSPS) is 21.8. The minimum absolute atomic E-state index is 0.122. The largest absolute Gasteiger partial charge is 0.487 e. The first-order chi connectivity index (χ1) is 15.6. The Morgan fingerprint density at radius 2 is 1.82 bits per heavy atom. The van der Waals surface area contributed by atoms with Gasteiger partial charge in [-0.15, -0.1) is 0 Å². The van der Waals surface area contributed by atoms with E-state index in [9.17, 15) is 14.4 Å². The molecule has 0 radical (unpaired) electrons. The van der Waals surface area contributed by atoms with Crippen LogP contribution in [0, 0.1) is 0 Å². The van der Waals surface area contributed by atoms with Crippen molar-refractivity contribution in [3.05, 3.63) is 18.2 Å². The van der Waals surface area contributed by atoms with Gasteiger partial charge in [0.25, 0.3) is 0 Å². The summed E-state index contributed by atoms with van der Waals surface area (Å²) in [5, 5.41) is 2.46. The van der Waals surface area contributed by atoms with Crippen LogP contribution in [0.25, 0.3) is 0 Å². The molecule has 2 saturated heterocycles. The van der Waals surface area contributed by atoms with Crippen molar-refractivity contribution < 1.29 is 23.9 Å². The van der Waals surface area contributed by atoms with Gasteiger partial charge in [0.15, 0.2) is 5.75 Å². The first-order valence-electron chi connectivity index (χ1n) is 11.7. The highest BCUT2D eigenvalue weighted by Gasteiger charge is 2.36. The Labute approximate surface area is 195 Å². The molecule has 2 fully saturated rings. The Bertz CT molecular complexity index is 920. The number of carbonyl (C=O) groups excluding carboxylic acids is 3. The van der Waals surface area contributed by atoms with Crippen molar-refractivity contribution in [1.29, 1.82) is 0 Å². The second-order valence-electron chi connectivity index (χ2n) is 9.94. The number of piperidine rings is 2. The fraction of sp³-hybridized carbons (Fsp3) is 0.625. The van der Waals surface area contributed by atoms with E-state index in [2.05, 4.69) is 15.1 Å². The van der Waals surface area contributed by atoms with Crippen LogP contribution in [0.1, 0.15) is 46.5 Å². The van der Waals surface area contributed by atoms with Crippen LogP contribution in [-0.2, 0) is 14.3 Å². The van der Waals surface area contributed by atoms with Gasteiger partial charge >= 0.3 is 6.09 Å². The van der Waals surface area contributed by atoms with E-state index < -0.39 is 5.60 Å². The van der Waals surface area contributed by atoms with Gasteiger partial charge in [-0.3, -0.25) is 14.9 Å². The molecule has 9 heteroatoms. The Kier molecular flexibility index (Phi) is 6.41. The highest BCUT2D eigenvalue weighted by atomic mass is 16.6. The second-order valence-corrected chi connectivity index (χ2v) is 9.94. The molecule has 33 heavy (non-hydrogen) atoms. The quantitative estimate of drug-likeness (QED) is 0.696. The van der Waals surface area contributed by atoms with Crippen molar-refractivity contribution >= 4 is 29.3 Å². The second kappa shape index (κ2) is 9.11. The van der Waals surface area contributed by atoms with Crippen LogP contribution < -0.4 is 19.9 Å². The number of anilines is 2. The first kappa shape index (κ1) is 23.2. The van der Waals surface area contributed by atoms with Gasteiger partial charge in [-0.25, -0.2) is 4.79 Å². The number of rotatable bonds is 3. The molecule has 1 aromatic rings. The Morgan fingerprint density at radius 1 is 1.12 bits per heavy atom. The number of hydrogen-bond donors (Lipinski definition) is 1. The lowest BCUT2D eigenvalue weighted by Crippen LogP contribution is -2.54. The number of para-hydroxylation sites is 1. The van der Waals surface area contributed by atoms with Gasteiger partial charge in [0.1, 0.15) is 18.2 Å². The van der Waals surface area contributed by atoms with E-state index in [1.165, 1.54) is 0 Å². The SMILES string of the molecule is CN(C(=O)OC(C)(C)C)C1CCN(c2cccc3c2OCCN3[C@H]2CCC(=O)NC2=O)CC1. The molecular weight excluding hydrogens is 424 g/mol. The summed E-state index contributed by atoms with van der Waals surface area (Å²) in [5.41, 5.74) is 1.38. The van der Waals surface area contributed by atoms with Crippen LogP contribution in [0.4, 0.5) is 16.2 Å². The first-order valence-corrected chi connectivity index (χ1v) is 11.7. The van der Waals surface area contributed by atoms with E-state index in [0.29, 0.717) is 26.0 Å². The summed E-state index contributed by atoms with van der Waals surface area (Å²) >= 11 is 0. The van der Waals surface area contributed by atoms with E-state index in [1.807, 2.05) is 39.0 Å². The van der Waals surface area contributed by atoms with Gasteiger partial charge < -0.3 is 24.2 Å². The fourth-order valence-corrected chi connectivity index (χ4v) is 4.78. The van der Waals surface area contributed by atoms with E-state index in [-0.39, 0.29) is 30.0 Å². The minimum atomic E-state index is -0.513. The molecule has 0 aromatic heterocycles. The molecule has 9 nitrogen and oxygen atoms in total. The predicted molar refractivity (Wildman–Crippen MR) is 125 cm³/mol. The van der Waals surface area contributed by atoms with E-state index in [4.69, 9.17) is 9.47 Å². The standard InChI is InChI=1S/C24H34N4O5/c1-24(2,3)33-23(31)26(4)16-10-12-27(13-11-16)17-6-5-7-18-21(17)32-15-14-28(18)19-8-9-20(29)25-22(19)30/h5-7,16,19H,8-15H2,1-4H3,(H,25,29,30)/t19-/m0/s1. The molecule has 3 amide bonds. The third-order valence-electron chi connectivity index (χ3n) is 6.48. The molecule has 3 heterocycles. The highest BCUT2D eigenvalue weighted by Crippen LogP contribution is 2.42. The number of imide groups is 1. The van der Waals surface area contributed by atoms with Gasteiger partial charge in [-0.05, 0) is 52.2 Å². The molecule has 1 aromatic carbocycles. The number of carbonyl (C=O) groups is 3. The van der Waals surface area contributed by atoms with E-state index in [0.717, 1.165) is 43.1 Å². The van der Waals surface area contributed by atoms with Crippen LogP contribution in [0.2, 0.25) is 0 Å². The lowest BCUT2D eigenvalue weighted by Gasteiger charge is -2.41. The third kappa shape index (κ3) is 5.02. The molecule has 0 unspecified atom stereocenters. The molecule has 3 aliphatic rings. The number of nitrogens with one attached hydrogen (secondary N) is 1. The summed E-state index contributed by atoms with van der Waals surface area (Å²) in [5.74, 6) is 0.334. The van der Waals surface area contributed by atoms with Gasteiger partial charge in [0.05, 0.1) is 17.9 Å². The maximum absolute atomic E-state index is 12.5. The topological polar surface area (TPSA) is 91.4 Å². The van der Waals surface area contributed by atoms with Crippen LogP contribution in [0.5, 0.6) is 5.75 Å². The minimum Gasteiger partial charge on any atom is -0.487 e. The van der Waals surface area contributed by atoms with Crippen molar-refractivity contribution in [2.75, 3.05) is 43.1 Å². The summed E-state index contributed by atoms with van der Waals surface area (Å²) in [4.78, 5) is 42.6. The lowest BCUT2D eigenvalue weighted by molar-refractivity contribution is -0.134. The average molecular weight is 459 g/mol.